The van der Waals surface area contributed by atoms with Crippen LogP contribution in [-0.2, 0) is 29.0 Å². The number of amides is 1. The molecule has 1 aromatic rings. The summed E-state index contributed by atoms with van der Waals surface area (Å²) in [5.74, 6) is -0.352. The molecule has 3 saturated heterocycles. The molecule has 0 saturated carbocycles. The van der Waals surface area contributed by atoms with Crippen molar-refractivity contribution in [2.24, 2.45) is 11.8 Å². The molecule has 0 aromatic heterocycles. The average molecular weight is 481 g/mol. The summed E-state index contributed by atoms with van der Waals surface area (Å²) in [4.78, 5) is 27.0. The van der Waals surface area contributed by atoms with Crippen molar-refractivity contribution in [1.82, 2.24) is 9.21 Å². The Labute approximate surface area is 195 Å². The van der Waals surface area contributed by atoms with Crippen LogP contribution in [0.5, 0.6) is 0 Å². The van der Waals surface area contributed by atoms with E-state index >= 15 is 0 Å². The zero-order chi connectivity index (χ0) is 23.4. The van der Waals surface area contributed by atoms with Crippen LogP contribution in [-0.4, -0.2) is 81.8 Å². The summed E-state index contributed by atoms with van der Waals surface area (Å²) in [5.41, 5.74) is 0.313. The summed E-state index contributed by atoms with van der Waals surface area (Å²) in [7, 11) is -3.69. The van der Waals surface area contributed by atoms with E-state index in [1.165, 1.54) is 28.6 Å². The molecule has 3 heterocycles. The highest BCUT2D eigenvalue weighted by atomic mass is 32.2. The number of hydrogen-bond acceptors (Lipinski definition) is 7. The molecular weight excluding hydrogens is 448 g/mol. The summed E-state index contributed by atoms with van der Waals surface area (Å²) in [6.07, 6.45) is 2.69. The number of piperidine rings is 2. The van der Waals surface area contributed by atoms with Gasteiger partial charge in [-0.25, -0.2) is 13.2 Å². The van der Waals surface area contributed by atoms with Crippen molar-refractivity contribution in [3.05, 3.63) is 29.8 Å². The number of benzene rings is 1. The summed E-state index contributed by atoms with van der Waals surface area (Å²) in [6, 6.07) is 5.79. The van der Waals surface area contributed by atoms with Gasteiger partial charge in [-0.1, -0.05) is 0 Å². The Morgan fingerprint density at radius 3 is 2.33 bits per heavy atom. The Kier molecular flexibility index (Phi) is 7.68. The molecule has 0 spiro atoms. The van der Waals surface area contributed by atoms with Crippen molar-refractivity contribution in [3.8, 4) is 0 Å². The first kappa shape index (κ1) is 24.1. The first-order valence-corrected chi connectivity index (χ1v) is 13.1. The van der Waals surface area contributed by atoms with E-state index in [0.29, 0.717) is 51.3 Å². The van der Waals surface area contributed by atoms with E-state index in [-0.39, 0.29) is 35.5 Å². The number of rotatable bonds is 6. The van der Waals surface area contributed by atoms with Gasteiger partial charge in [-0.3, -0.25) is 4.79 Å². The van der Waals surface area contributed by atoms with Gasteiger partial charge in [0.25, 0.3) is 0 Å². The Morgan fingerprint density at radius 1 is 1.03 bits per heavy atom. The van der Waals surface area contributed by atoms with Gasteiger partial charge in [-0.15, -0.1) is 0 Å². The minimum absolute atomic E-state index is 0.105. The number of likely N-dealkylation sites (tertiary alicyclic amines) is 1. The SMILES string of the molecule is CCOC(=O)c1ccc(S(=O)(=O)N2CCC(C(=O)N3CCCC(C4OCCO4)C3)CC2)cc1. The van der Waals surface area contributed by atoms with Crippen LogP contribution in [0.2, 0.25) is 0 Å². The normalized spacial score (nSPS) is 23.5. The molecule has 1 atom stereocenters. The highest BCUT2D eigenvalue weighted by Gasteiger charge is 2.37. The number of ether oxygens (including phenoxy) is 3. The number of nitrogens with zero attached hydrogens (tertiary/aromatic N) is 2. The summed E-state index contributed by atoms with van der Waals surface area (Å²) < 4.78 is 43.7. The van der Waals surface area contributed by atoms with Gasteiger partial charge in [0.1, 0.15) is 0 Å². The molecule has 3 aliphatic rings. The van der Waals surface area contributed by atoms with E-state index in [0.717, 1.165) is 19.4 Å². The van der Waals surface area contributed by atoms with E-state index in [2.05, 4.69) is 0 Å². The number of hydrogen-bond donors (Lipinski definition) is 0. The van der Waals surface area contributed by atoms with E-state index < -0.39 is 16.0 Å². The average Bonchev–Trinajstić information content (AvgIpc) is 3.39. The van der Waals surface area contributed by atoms with Gasteiger partial charge in [0.05, 0.1) is 30.3 Å². The number of carbonyl (C=O) groups is 2. The van der Waals surface area contributed by atoms with Crippen molar-refractivity contribution in [1.29, 1.82) is 0 Å². The molecular formula is C23H32N2O7S. The molecule has 0 aliphatic carbocycles. The fourth-order valence-corrected chi connectivity index (χ4v) is 6.28. The van der Waals surface area contributed by atoms with E-state index in [4.69, 9.17) is 14.2 Å². The first-order valence-electron chi connectivity index (χ1n) is 11.7. The predicted octanol–water partition coefficient (Wildman–Crippen LogP) is 1.88. The third-order valence-corrected chi connectivity index (χ3v) is 8.52. The molecule has 1 unspecified atom stereocenters. The monoisotopic (exact) mass is 480 g/mol. The van der Waals surface area contributed by atoms with Gasteiger partial charge in [-0.2, -0.15) is 4.31 Å². The lowest BCUT2D eigenvalue weighted by atomic mass is 9.92. The molecule has 1 amide bonds. The van der Waals surface area contributed by atoms with Crippen LogP contribution in [0.3, 0.4) is 0 Å². The van der Waals surface area contributed by atoms with Gasteiger partial charge in [0.2, 0.25) is 15.9 Å². The summed E-state index contributed by atoms with van der Waals surface area (Å²) >= 11 is 0. The molecule has 9 nitrogen and oxygen atoms in total. The zero-order valence-corrected chi connectivity index (χ0v) is 19.8. The van der Waals surface area contributed by atoms with Gasteiger partial charge in [0, 0.05) is 38.0 Å². The minimum Gasteiger partial charge on any atom is -0.462 e. The van der Waals surface area contributed by atoms with Crippen LogP contribution >= 0.6 is 0 Å². The maximum absolute atomic E-state index is 13.1. The molecule has 0 bridgehead atoms. The van der Waals surface area contributed by atoms with Gasteiger partial charge >= 0.3 is 5.97 Å². The second-order valence-corrected chi connectivity index (χ2v) is 10.7. The maximum Gasteiger partial charge on any atom is 0.338 e. The topological polar surface area (TPSA) is 102 Å². The summed E-state index contributed by atoms with van der Waals surface area (Å²) in [5, 5.41) is 0. The van der Waals surface area contributed by atoms with E-state index in [9.17, 15) is 18.0 Å². The maximum atomic E-state index is 13.1. The van der Waals surface area contributed by atoms with E-state index in [1.54, 1.807) is 6.92 Å². The van der Waals surface area contributed by atoms with Gasteiger partial charge in [-0.05, 0) is 56.9 Å². The van der Waals surface area contributed by atoms with E-state index in [1.807, 2.05) is 4.90 Å². The number of carbonyl (C=O) groups excluding carboxylic acids is 2. The molecule has 1 aromatic carbocycles. The lowest BCUT2D eigenvalue weighted by Gasteiger charge is -2.38. The van der Waals surface area contributed by atoms with Crippen molar-refractivity contribution >= 4 is 21.9 Å². The molecule has 33 heavy (non-hydrogen) atoms. The standard InChI is InChI=1S/C23H32N2O7S/c1-2-30-22(27)18-5-7-20(8-6-18)33(28,29)25-12-9-17(10-13-25)21(26)24-11-3-4-19(16-24)23-31-14-15-32-23/h5-8,17,19,23H,2-4,9-16H2,1H3. The Morgan fingerprint density at radius 2 is 1.70 bits per heavy atom. The fraction of sp³-hybridized carbons (Fsp3) is 0.652. The zero-order valence-electron chi connectivity index (χ0n) is 19.0. The van der Waals surface area contributed by atoms with Crippen LogP contribution in [0.15, 0.2) is 29.2 Å². The van der Waals surface area contributed by atoms with Gasteiger partial charge < -0.3 is 19.1 Å². The predicted molar refractivity (Wildman–Crippen MR) is 119 cm³/mol. The smallest absolute Gasteiger partial charge is 0.338 e. The van der Waals surface area contributed by atoms with Crippen LogP contribution < -0.4 is 0 Å². The molecule has 3 fully saturated rings. The third kappa shape index (κ3) is 5.40. The second kappa shape index (κ2) is 10.5. The minimum atomic E-state index is -3.69. The van der Waals surface area contributed by atoms with Crippen molar-refractivity contribution in [3.63, 3.8) is 0 Å². The van der Waals surface area contributed by atoms with Crippen LogP contribution in [0, 0.1) is 11.8 Å². The molecule has 0 N–H and O–H groups in total. The molecule has 3 aliphatic heterocycles. The van der Waals surface area contributed by atoms with Crippen molar-refractivity contribution in [2.75, 3.05) is 46.0 Å². The highest BCUT2D eigenvalue weighted by Crippen LogP contribution is 2.29. The second-order valence-electron chi connectivity index (χ2n) is 8.72. The fourth-order valence-electron chi connectivity index (χ4n) is 4.81. The number of sulfonamides is 1. The third-order valence-electron chi connectivity index (χ3n) is 6.61. The Bertz CT molecular complexity index is 936. The van der Waals surface area contributed by atoms with Crippen molar-refractivity contribution in [2.45, 2.75) is 43.8 Å². The Balaban J connectivity index is 1.33. The Hall–Kier alpha value is -2.01. The lowest BCUT2D eigenvalue weighted by Crippen LogP contribution is -2.48. The largest absolute Gasteiger partial charge is 0.462 e. The highest BCUT2D eigenvalue weighted by molar-refractivity contribution is 7.89. The number of esters is 1. The summed E-state index contributed by atoms with van der Waals surface area (Å²) in [6.45, 7) is 5.14. The first-order chi connectivity index (χ1) is 15.9. The van der Waals surface area contributed by atoms with Crippen LogP contribution in [0.4, 0.5) is 0 Å². The van der Waals surface area contributed by atoms with Crippen LogP contribution in [0.25, 0.3) is 0 Å². The molecule has 182 valence electrons. The lowest BCUT2D eigenvalue weighted by molar-refractivity contribution is -0.144. The molecule has 4 rings (SSSR count). The van der Waals surface area contributed by atoms with Crippen molar-refractivity contribution < 1.29 is 32.2 Å². The van der Waals surface area contributed by atoms with Gasteiger partial charge in [0.15, 0.2) is 6.29 Å². The quantitative estimate of drug-likeness (QED) is 0.573. The molecule has 10 heteroatoms. The van der Waals surface area contributed by atoms with Crippen LogP contribution in [0.1, 0.15) is 43.0 Å². The molecule has 0 radical (unpaired) electrons.